The number of hydrogen-bond donors (Lipinski definition) is 1. The van der Waals surface area contributed by atoms with Crippen LogP contribution in [0.4, 0.5) is 33.3 Å². The van der Waals surface area contributed by atoms with Crippen LogP contribution in [0.2, 0.25) is 0 Å². The summed E-state index contributed by atoms with van der Waals surface area (Å²) < 4.78 is 67.9. The number of ether oxygens (including phenoxy) is 1. The second-order valence-electron chi connectivity index (χ2n) is 6.47. The van der Waals surface area contributed by atoms with Gasteiger partial charge in [0.1, 0.15) is 11.4 Å². The van der Waals surface area contributed by atoms with E-state index in [1.165, 1.54) is 23.5 Å². The van der Waals surface area contributed by atoms with E-state index >= 15 is 0 Å². The summed E-state index contributed by atoms with van der Waals surface area (Å²) in [5, 5.41) is 4.43. The molecule has 11 heteroatoms. The summed E-state index contributed by atoms with van der Waals surface area (Å²) in [7, 11) is 0. The molecule has 5 nitrogen and oxygen atoms in total. The molecule has 0 bridgehead atoms. The molecule has 2 aromatic carbocycles. The Labute approximate surface area is 181 Å². The third-order valence-corrected chi connectivity index (χ3v) is 5.26. The molecule has 0 atom stereocenters. The molecule has 0 unspecified atom stereocenters. The Bertz CT molecular complexity index is 1220. The monoisotopic (exact) mass is 466 g/mol. The van der Waals surface area contributed by atoms with Crippen molar-refractivity contribution in [1.82, 2.24) is 0 Å². The Morgan fingerprint density at radius 1 is 0.906 bits per heavy atom. The van der Waals surface area contributed by atoms with Crippen LogP contribution in [0.15, 0.2) is 65.7 Å². The lowest BCUT2D eigenvalue weighted by molar-refractivity contribution is -0.274. The van der Waals surface area contributed by atoms with Gasteiger partial charge in [-0.15, -0.1) is 24.5 Å². The van der Waals surface area contributed by atoms with Crippen molar-refractivity contribution in [2.45, 2.75) is 6.36 Å². The van der Waals surface area contributed by atoms with Crippen molar-refractivity contribution in [2.75, 3.05) is 10.2 Å². The lowest BCUT2D eigenvalue weighted by Crippen LogP contribution is -2.32. The Morgan fingerprint density at radius 2 is 1.62 bits per heavy atom. The number of nitrogens with zero attached hydrogens (tertiary/aromatic N) is 1. The van der Waals surface area contributed by atoms with Crippen molar-refractivity contribution in [1.29, 1.82) is 0 Å². The van der Waals surface area contributed by atoms with E-state index in [1.807, 2.05) is 0 Å². The number of amides is 2. The highest BCUT2D eigenvalue weighted by Crippen LogP contribution is 2.36. The molecule has 0 radical (unpaired) electrons. The van der Waals surface area contributed by atoms with Crippen LogP contribution in [0.3, 0.4) is 0 Å². The second-order valence-corrected chi connectivity index (χ2v) is 7.42. The number of anilines is 2. The third kappa shape index (κ3) is 4.19. The van der Waals surface area contributed by atoms with Gasteiger partial charge in [0.05, 0.1) is 11.3 Å². The maximum Gasteiger partial charge on any atom is 0.573 e. The van der Waals surface area contributed by atoms with E-state index in [-0.39, 0.29) is 22.6 Å². The Morgan fingerprint density at radius 3 is 2.22 bits per heavy atom. The highest BCUT2D eigenvalue weighted by molar-refractivity contribution is 7.11. The molecular weight excluding hydrogens is 455 g/mol. The quantitative estimate of drug-likeness (QED) is 0.409. The van der Waals surface area contributed by atoms with E-state index < -0.39 is 35.6 Å². The van der Waals surface area contributed by atoms with Crippen molar-refractivity contribution in [2.24, 2.45) is 0 Å². The molecule has 1 aliphatic rings. The van der Waals surface area contributed by atoms with Crippen LogP contribution in [0.1, 0.15) is 4.88 Å². The fourth-order valence-corrected chi connectivity index (χ4v) is 3.81. The molecule has 1 aliphatic heterocycles. The molecule has 2 heterocycles. The molecule has 3 aromatic rings. The number of carbonyl (C=O) groups excluding carboxylic acids is 2. The molecule has 2 amide bonds. The summed E-state index contributed by atoms with van der Waals surface area (Å²) in [4.78, 5) is 27.3. The van der Waals surface area contributed by atoms with E-state index in [0.29, 0.717) is 9.78 Å². The summed E-state index contributed by atoms with van der Waals surface area (Å²) in [5.74, 6) is -4.43. The highest BCUT2D eigenvalue weighted by atomic mass is 32.1. The number of benzene rings is 2. The number of thiophene rings is 1. The number of imide groups is 1. The molecule has 0 saturated carbocycles. The van der Waals surface area contributed by atoms with Crippen LogP contribution >= 0.6 is 11.3 Å². The molecule has 32 heavy (non-hydrogen) atoms. The lowest BCUT2D eigenvalue weighted by atomic mass is 10.2. The fourth-order valence-electron chi connectivity index (χ4n) is 3.04. The molecule has 0 fully saturated rings. The van der Waals surface area contributed by atoms with Crippen molar-refractivity contribution < 1.29 is 36.3 Å². The first-order valence-electron chi connectivity index (χ1n) is 8.89. The largest absolute Gasteiger partial charge is 0.573 e. The topological polar surface area (TPSA) is 58.6 Å². The van der Waals surface area contributed by atoms with E-state index in [1.54, 1.807) is 17.5 Å². The predicted molar refractivity (Wildman–Crippen MR) is 107 cm³/mol. The molecule has 1 N–H and O–H groups in total. The lowest BCUT2D eigenvalue weighted by Gasteiger charge is -2.15. The zero-order valence-electron chi connectivity index (χ0n) is 15.7. The average molecular weight is 466 g/mol. The zero-order chi connectivity index (χ0) is 23.0. The Hall–Kier alpha value is -3.73. The van der Waals surface area contributed by atoms with Gasteiger partial charge in [0.25, 0.3) is 11.8 Å². The summed E-state index contributed by atoms with van der Waals surface area (Å²) in [5.41, 5.74) is -0.132. The zero-order valence-corrected chi connectivity index (χ0v) is 16.6. The van der Waals surface area contributed by atoms with Gasteiger partial charge in [-0.2, -0.15) is 0 Å². The molecule has 1 aromatic heterocycles. The van der Waals surface area contributed by atoms with Gasteiger partial charge in [-0.25, -0.2) is 13.7 Å². The molecule has 0 saturated heterocycles. The number of alkyl halides is 3. The van der Waals surface area contributed by atoms with Crippen LogP contribution in [0.25, 0.3) is 5.57 Å². The van der Waals surface area contributed by atoms with Gasteiger partial charge in [-0.05, 0) is 47.8 Å². The second kappa shape index (κ2) is 8.08. The Balaban J connectivity index is 1.70. The first-order valence-corrected chi connectivity index (χ1v) is 9.77. The fraction of sp³-hybridized carbons (Fsp3) is 0.0476. The minimum absolute atomic E-state index is 0.00893. The van der Waals surface area contributed by atoms with Crippen LogP contribution in [-0.4, -0.2) is 18.2 Å². The van der Waals surface area contributed by atoms with E-state index in [0.717, 1.165) is 30.3 Å². The number of rotatable bonds is 5. The molecule has 0 spiro atoms. The van der Waals surface area contributed by atoms with E-state index in [4.69, 9.17) is 0 Å². The van der Waals surface area contributed by atoms with Crippen LogP contribution in [-0.2, 0) is 9.59 Å². The van der Waals surface area contributed by atoms with Crippen LogP contribution in [0, 0.1) is 11.6 Å². The smallest absolute Gasteiger partial charge is 0.406 e. The standard InChI is InChI=1S/C21H11F5N2O3S/c22-14-8-5-12(10-15(14)23)28-19(29)17(16-2-1-9-32-16)18(20(28)30)27-11-3-6-13(7-4-11)31-21(24,25)26/h1-10,27H. The minimum Gasteiger partial charge on any atom is -0.406 e. The maximum absolute atomic E-state index is 13.7. The summed E-state index contributed by atoms with van der Waals surface area (Å²) >= 11 is 1.18. The van der Waals surface area contributed by atoms with Crippen molar-refractivity contribution >= 4 is 40.1 Å². The first kappa shape index (κ1) is 21.5. The Kier molecular flexibility index (Phi) is 5.43. The number of carbonyl (C=O) groups is 2. The molecular formula is C21H11F5N2O3S. The predicted octanol–water partition coefficient (Wildman–Crippen LogP) is 5.32. The van der Waals surface area contributed by atoms with Gasteiger partial charge >= 0.3 is 6.36 Å². The number of nitrogens with one attached hydrogen (secondary N) is 1. The van der Waals surface area contributed by atoms with Crippen molar-refractivity contribution in [3.63, 3.8) is 0 Å². The van der Waals surface area contributed by atoms with E-state index in [2.05, 4.69) is 10.1 Å². The number of hydrogen-bond acceptors (Lipinski definition) is 5. The summed E-state index contributed by atoms with van der Waals surface area (Å²) in [6, 6.07) is 10.4. The third-order valence-electron chi connectivity index (χ3n) is 4.37. The summed E-state index contributed by atoms with van der Waals surface area (Å²) in [6.45, 7) is 0. The van der Waals surface area contributed by atoms with Gasteiger partial charge in [0.2, 0.25) is 0 Å². The van der Waals surface area contributed by atoms with Crippen LogP contribution < -0.4 is 15.0 Å². The van der Waals surface area contributed by atoms with Gasteiger partial charge in [-0.1, -0.05) is 6.07 Å². The SMILES string of the molecule is O=C1C(Nc2ccc(OC(F)(F)F)cc2)=C(c2cccs2)C(=O)N1c1ccc(F)c(F)c1. The van der Waals surface area contributed by atoms with E-state index in [9.17, 15) is 31.5 Å². The van der Waals surface area contributed by atoms with Crippen molar-refractivity contribution in [3.8, 4) is 5.75 Å². The first-order chi connectivity index (χ1) is 15.1. The average Bonchev–Trinajstić information content (AvgIpc) is 3.32. The highest BCUT2D eigenvalue weighted by Gasteiger charge is 2.41. The summed E-state index contributed by atoms with van der Waals surface area (Å²) in [6.07, 6.45) is -4.86. The van der Waals surface area contributed by atoms with Crippen LogP contribution in [0.5, 0.6) is 5.75 Å². The van der Waals surface area contributed by atoms with Gasteiger partial charge in [-0.3, -0.25) is 9.59 Å². The molecule has 164 valence electrons. The van der Waals surface area contributed by atoms with Gasteiger partial charge in [0, 0.05) is 16.6 Å². The molecule has 4 rings (SSSR count). The van der Waals surface area contributed by atoms with Crippen molar-refractivity contribution in [3.05, 3.63) is 82.2 Å². The normalized spacial score (nSPS) is 14.3. The minimum atomic E-state index is -4.86. The molecule has 0 aliphatic carbocycles. The van der Waals surface area contributed by atoms with Gasteiger partial charge in [0.15, 0.2) is 11.6 Å². The number of halogens is 5. The maximum atomic E-state index is 13.7. The van der Waals surface area contributed by atoms with Gasteiger partial charge < -0.3 is 10.1 Å².